The molecule has 9 heteroatoms. The minimum Gasteiger partial charge on any atom is -0.480 e. The standard InChI is InChI=1S/C13H18N2O6S/c1-4-5-10(13(16)17)14-22(20,21)12-7-9(3)8(2)6-11(12)15(18)19/h6-7,10,14H,4-5H2,1-3H3,(H,16,17). The summed E-state index contributed by atoms with van der Waals surface area (Å²) in [5.74, 6) is -1.32. The van der Waals surface area contributed by atoms with Crippen molar-refractivity contribution in [3.05, 3.63) is 33.4 Å². The molecule has 0 saturated carbocycles. The Balaban J connectivity index is 3.36. The fraction of sp³-hybridized carbons (Fsp3) is 0.462. The van der Waals surface area contributed by atoms with Crippen molar-refractivity contribution in [2.75, 3.05) is 0 Å². The molecule has 0 spiro atoms. The van der Waals surface area contributed by atoms with Crippen molar-refractivity contribution in [2.24, 2.45) is 0 Å². The first-order valence-electron chi connectivity index (χ1n) is 6.61. The molecule has 0 bridgehead atoms. The minimum absolute atomic E-state index is 0.0905. The molecule has 0 aliphatic carbocycles. The number of aliphatic carboxylic acids is 1. The monoisotopic (exact) mass is 330 g/mol. The lowest BCUT2D eigenvalue weighted by Crippen LogP contribution is -2.40. The van der Waals surface area contributed by atoms with E-state index in [9.17, 15) is 23.3 Å². The summed E-state index contributed by atoms with van der Waals surface area (Å²) in [5, 5.41) is 20.1. The second-order valence-electron chi connectivity index (χ2n) is 4.96. The molecule has 0 saturated heterocycles. The van der Waals surface area contributed by atoms with Crippen LogP contribution in [0.5, 0.6) is 0 Å². The van der Waals surface area contributed by atoms with Crippen molar-refractivity contribution in [1.82, 2.24) is 4.72 Å². The molecule has 0 amide bonds. The van der Waals surface area contributed by atoms with Crippen LogP contribution in [0.25, 0.3) is 0 Å². The molecule has 122 valence electrons. The molecule has 0 radical (unpaired) electrons. The maximum Gasteiger partial charge on any atom is 0.321 e. The average molecular weight is 330 g/mol. The zero-order valence-electron chi connectivity index (χ0n) is 12.5. The van der Waals surface area contributed by atoms with Crippen molar-refractivity contribution >= 4 is 21.7 Å². The molecule has 1 unspecified atom stereocenters. The Morgan fingerprint density at radius 2 is 1.91 bits per heavy atom. The molecule has 0 aromatic heterocycles. The first kappa shape index (κ1) is 18.1. The molecule has 0 fully saturated rings. The Labute approximate surface area is 128 Å². The smallest absolute Gasteiger partial charge is 0.321 e. The molecule has 8 nitrogen and oxygen atoms in total. The van der Waals surface area contributed by atoms with E-state index in [0.29, 0.717) is 17.5 Å². The highest BCUT2D eigenvalue weighted by atomic mass is 32.2. The molecule has 1 rings (SSSR count). The maximum absolute atomic E-state index is 12.3. The summed E-state index contributed by atoms with van der Waals surface area (Å²) >= 11 is 0. The van der Waals surface area contributed by atoms with Crippen molar-refractivity contribution in [2.45, 2.75) is 44.6 Å². The third kappa shape index (κ3) is 4.01. The van der Waals surface area contributed by atoms with E-state index in [2.05, 4.69) is 0 Å². The van der Waals surface area contributed by atoms with Gasteiger partial charge in [-0.1, -0.05) is 13.3 Å². The molecule has 1 aromatic carbocycles. The number of carboxylic acids is 1. The zero-order chi connectivity index (χ0) is 17.1. The molecule has 2 N–H and O–H groups in total. The number of nitrogens with one attached hydrogen (secondary N) is 1. The summed E-state index contributed by atoms with van der Waals surface area (Å²) in [6, 6.07) is 1.02. The molecule has 22 heavy (non-hydrogen) atoms. The van der Waals surface area contributed by atoms with Crippen molar-refractivity contribution in [1.29, 1.82) is 0 Å². The van der Waals surface area contributed by atoms with Crippen LogP contribution in [0.4, 0.5) is 5.69 Å². The highest BCUT2D eigenvalue weighted by Crippen LogP contribution is 2.27. The van der Waals surface area contributed by atoms with Crippen LogP contribution >= 0.6 is 0 Å². The van der Waals surface area contributed by atoms with E-state index in [1.807, 2.05) is 4.72 Å². The molecule has 0 heterocycles. The van der Waals surface area contributed by atoms with Gasteiger partial charge in [0.2, 0.25) is 10.0 Å². The fourth-order valence-corrected chi connectivity index (χ4v) is 3.37. The number of hydrogen-bond donors (Lipinski definition) is 2. The third-order valence-corrected chi connectivity index (χ3v) is 4.74. The normalized spacial score (nSPS) is 12.9. The van der Waals surface area contributed by atoms with Crippen LogP contribution in [-0.4, -0.2) is 30.5 Å². The van der Waals surface area contributed by atoms with Crippen molar-refractivity contribution < 1.29 is 23.2 Å². The van der Waals surface area contributed by atoms with Gasteiger partial charge in [-0.25, -0.2) is 8.42 Å². The lowest BCUT2D eigenvalue weighted by molar-refractivity contribution is -0.387. The third-order valence-electron chi connectivity index (χ3n) is 3.23. The summed E-state index contributed by atoms with van der Waals surface area (Å²) < 4.78 is 26.7. The number of benzene rings is 1. The lowest BCUT2D eigenvalue weighted by Gasteiger charge is -2.14. The molecule has 1 aromatic rings. The summed E-state index contributed by atoms with van der Waals surface area (Å²) in [6.45, 7) is 4.96. The van der Waals surface area contributed by atoms with Gasteiger partial charge in [0, 0.05) is 6.07 Å². The summed E-state index contributed by atoms with van der Waals surface area (Å²) in [4.78, 5) is 20.8. The molecular formula is C13H18N2O6S. The number of rotatable bonds is 7. The maximum atomic E-state index is 12.3. The predicted molar refractivity (Wildman–Crippen MR) is 79.2 cm³/mol. The average Bonchev–Trinajstić information content (AvgIpc) is 2.40. The SMILES string of the molecule is CCCC(NS(=O)(=O)c1cc(C)c(C)cc1[N+](=O)[O-])C(=O)O. The Morgan fingerprint density at radius 3 is 2.36 bits per heavy atom. The molecule has 1 atom stereocenters. The second-order valence-corrected chi connectivity index (χ2v) is 6.64. The first-order chi connectivity index (χ1) is 10.1. The van der Waals surface area contributed by atoms with Gasteiger partial charge in [-0.3, -0.25) is 14.9 Å². The zero-order valence-corrected chi connectivity index (χ0v) is 13.3. The number of nitro groups is 1. The second kappa shape index (κ2) is 6.84. The van der Waals surface area contributed by atoms with Gasteiger partial charge in [0.05, 0.1) is 4.92 Å². The number of hydrogen-bond acceptors (Lipinski definition) is 5. The Morgan fingerprint density at radius 1 is 1.36 bits per heavy atom. The van der Waals surface area contributed by atoms with Gasteiger partial charge in [0.25, 0.3) is 5.69 Å². The van der Waals surface area contributed by atoms with E-state index in [0.717, 1.165) is 0 Å². The number of nitro benzene ring substituents is 1. The molecule has 0 aliphatic heterocycles. The topological polar surface area (TPSA) is 127 Å². The van der Waals surface area contributed by atoms with Gasteiger partial charge < -0.3 is 5.11 Å². The van der Waals surface area contributed by atoms with E-state index in [1.165, 1.54) is 12.1 Å². The van der Waals surface area contributed by atoms with Crippen LogP contribution in [0, 0.1) is 24.0 Å². The Hall–Kier alpha value is -2.00. The summed E-state index contributed by atoms with van der Waals surface area (Å²) in [6.07, 6.45) is 0.543. The fourth-order valence-electron chi connectivity index (χ4n) is 1.90. The van der Waals surface area contributed by atoms with E-state index in [1.54, 1.807) is 20.8 Å². The lowest BCUT2D eigenvalue weighted by atomic mass is 10.1. The van der Waals surface area contributed by atoms with Crippen molar-refractivity contribution in [3.8, 4) is 0 Å². The van der Waals surface area contributed by atoms with Crippen LogP contribution in [-0.2, 0) is 14.8 Å². The van der Waals surface area contributed by atoms with E-state index < -0.39 is 37.5 Å². The first-order valence-corrected chi connectivity index (χ1v) is 8.09. The van der Waals surface area contributed by atoms with Crippen LogP contribution in [0.2, 0.25) is 0 Å². The van der Waals surface area contributed by atoms with Crippen LogP contribution in [0.15, 0.2) is 17.0 Å². The Bertz CT molecular complexity index is 699. The highest BCUT2D eigenvalue weighted by Gasteiger charge is 2.31. The largest absolute Gasteiger partial charge is 0.480 e. The molecule has 0 aliphatic rings. The van der Waals surface area contributed by atoms with Crippen molar-refractivity contribution in [3.63, 3.8) is 0 Å². The van der Waals surface area contributed by atoms with Gasteiger partial charge in [0.1, 0.15) is 6.04 Å². The van der Waals surface area contributed by atoms with Gasteiger partial charge in [-0.15, -0.1) is 0 Å². The predicted octanol–water partition coefficient (Wildman–Crippen LogP) is 1.74. The van der Waals surface area contributed by atoms with Crippen LogP contribution in [0.3, 0.4) is 0 Å². The number of carbonyl (C=O) groups is 1. The van der Waals surface area contributed by atoms with Gasteiger partial charge in [-0.05, 0) is 37.5 Å². The quantitative estimate of drug-likeness (QED) is 0.579. The van der Waals surface area contributed by atoms with Crippen LogP contribution < -0.4 is 4.72 Å². The summed E-state index contributed by atoms with van der Waals surface area (Å²) in [5.41, 5.74) is 0.568. The van der Waals surface area contributed by atoms with E-state index >= 15 is 0 Å². The highest BCUT2D eigenvalue weighted by molar-refractivity contribution is 7.89. The van der Waals surface area contributed by atoms with Gasteiger partial charge >= 0.3 is 5.97 Å². The van der Waals surface area contributed by atoms with E-state index in [-0.39, 0.29) is 6.42 Å². The summed E-state index contributed by atoms with van der Waals surface area (Å²) in [7, 11) is -4.31. The Kier molecular flexibility index (Phi) is 5.61. The minimum atomic E-state index is -4.31. The molecular weight excluding hydrogens is 312 g/mol. The van der Waals surface area contributed by atoms with Gasteiger partial charge in [-0.2, -0.15) is 4.72 Å². The van der Waals surface area contributed by atoms with E-state index in [4.69, 9.17) is 5.11 Å². The number of sulfonamides is 1. The van der Waals surface area contributed by atoms with Crippen LogP contribution in [0.1, 0.15) is 30.9 Å². The number of carboxylic acid groups (broad SMARTS) is 1. The number of nitrogens with zero attached hydrogens (tertiary/aromatic N) is 1. The van der Waals surface area contributed by atoms with Gasteiger partial charge in [0.15, 0.2) is 4.90 Å². The number of aryl methyl sites for hydroxylation is 2.